The minimum Gasteiger partial charge on any atom is -0.247 e. The zero-order valence-electron chi connectivity index (χ0n) is 7.27. The van der Waals surface area contributed by atoms with Gasteiger partial charge in [-0.25, -0.2) is 9.97 Å². The van der Waals surface area contributed by atoms with Crippen molar-refractivity contribution < 1.29 is 0 Å². The van der Waals surface area contributed by atoms with E-state index in [0.717, 1.165) is 0 Å². The molecule has 0 fully saturated rings. The van der Waals surface area contributed by atoms with Crippen LogP contribution in [-0.2, 0) is 5.88 Å². The van der Waals surface area contributed by atoms with E-state index in [1.807, 2.05) is 0 Å². The summed E-state index contributed by atoms with van der Waals surface area (Å²) in [6, 6.07) is 3.26. The van der Waals surface area contributed by atoms with Crippen LogP contribution >= 0.6 is 46.4 Å². The van der Waals surface area contributed by atoms with E-state index in [4.69, 9.17) is 46.4 Å². The molecule has 0 amide bonds. The molecule has 78 valence electrons. The molecule has 1 heterocycles. The quantitative estimate of drug-likeness (QED) is 0.727. The highest BCUT2D eigenvalue weighted by atomic mass is 35.5. The third-order valence-corrected chi connectivity index (χ3v) is 3.13. The van der Waals surface area contributed by atoms with Gasteiger partial charge in [-0.05, 0) is 12.1 Å². The molecule has 2 aromatic rings. The van der Waals surface area contributed by atoms with E-state index in [9.17, 15) is 0 Å². The maximum Gasteiger partial charge on any atom is 0.152 e. The Kier molecular flexibility index (Phi) is 3.21. The molecule has 0 radical (unpaired) electrons. The molecular weight excluding hydrogens is 278 g/mol. The van der Waals surface area contributed by atoms with Crippen LogP contribution in [0, 0.1) is 0 Å². The highest BCUT2D eigenvalue weighted by Gasteiger charge is 2.08. The highest BCUT2D eigenvalue weighted by Crippen LogP contribution is 2.27. The number of aromatic nitrogens is 2. The Morgan fingerprint density at radius 2 is 1.47 bits per heavy atom. The molecule has 15 heavy (non-hydrogen) atoms. The third-order valence-electron chi connectivity index (χ3n) is 1.86. The van der Waals surface area contributed by atoms with Gasteiger partial charge in [-0.3, -0.25) is 0 Å². The van der Waals surface area contributed by atoms with Crippen molar-refractivity contribution in [2.24, 2.45) is 0 Å². The Morgan fingerprint density at radius 1 is 0.933 bits per heavy atom. The van der Waals surface area contributed by atoms with Crippen molar-refractivity contribution >= 4 is 57.4 Å². The van der Waals surface area contributed by atoms with Crippen molar-refractivity contribution in [2.75, 3.05) is 0 Å². The van der Waals surface area contributed by atoms with E-state index >= 15 is 0 Å². The van der Waals surface area contributed by atoms with Gasteiger partial charge in [-0.15, -0.1) is 11.6 Å². The topological polar surface area (TPSA) is 25.8 Å². The number of nitrogens with zero attached hydrogens (tertiary/aromatic N) is 2. The van der Waals surface area contributed by atoms with Crippen molar-refractivity contribution in [3.63, 3.8) is 0 Å². The molecular formula is C9H4Cl4N2. The number of halogens is 4. The van der Waals surface area contributed by atoms with Crippen molar-refractivity contribution in [3.05, 3.63) is 33.0 Å². The van der Waals surface area contributed by atoms with Gasteiger partial charge in [-0.1, -0.05) is 34.8 Å². The molecule has 0 N–H and O–H groups in total. The number of hydrogen-bond acceptors (Lipinski definition) is 2. The molecule has 0 aliphatic rings. The van der Waals surface area contributed by atoms with Crippen molar-refractivity contribution in [1.29, 1.82) is 0 Å². The van der Waals surface area contributed by atoms with E-state index in [-0.39, 0.29) is 11.0 Å². The van der Waals surface area contributed by atoms with E-state index < -0.39 is 0 Å². The summed E-state index contributed by atoms with van der Waals surface area (Å²) in [5, 5.41) is 1.14. The fraction of sp³-hybridized carbons (Fsp3) is 0.111. The Labute approximate surface area is 106 Å². The summed E-state index contributed by atoms with van der Waals surface area (Å²) in [7, 11) is 0. The monoisotopic (exact) mass is 280 g/mol. The van der Waals surface area contributed by atoms with Crippen LogP contribution in [0.2, 0.25) is 15.2 Å². The Morgan fingerprint density at radius 3 is 2.00 bits per heavy atom. The largest absolute Gasteiger partial charge is 0.247 e. The van der Waals surface area contributed by atoms with E-state index in [1.54, 1.807) is 12.1 Å². The lowest BCUT2D eigenvalue weighted by molar-refractivity contribution is 1.16. The normalized spacial score (nSPS) is 10.9. The zero-order valence-corrected chi connectivity index (χ0v) is 10.3. The van der Waals surface area contributed by atoms with E-state index in [1.165, 1.54) is 0 Å². The first-order valence-corrected chi connectivity index (χ1v) is 5.66. The predicted octanol–water partition coefficient (Wildman–Crippen LogP) is 4.33. The smallest absolute Gasteiger partial charge is 0.152 e. The zero-order chi connectivity index (χ0) is 11.0. The van der Waals surface area contributed by atoms with Crippen LogP contribution < -0.4 is 0 Å². The minimum absolute atomic E-state index is 0.210. The number of fused-ring (bicyclic) bond motifs is 1. The summed E-state index contributed by atoms with van der Waals surface area (Å²) in [6.07, 6.45) is 0. The van der Waals surface area contributed by atoms with Gasteiger partial charge in [0.2, 0.25) is 0 Å². The van der Waals surface area contributed by atoms with Crippen LogP contribution in [0.15, 0.2) is 12.1 Å². The van der Waals surface area contributed by atoms with Crippen LogP contribution in [0.5, 0.6) is 0 Å². The lowest BCUT2D eigenvalue weighted by Crippen LogP contribution is -1.92. The Hall–Kier alpha value is -0.280. The first kappa shape index (κ1) is 11.2. The Balaban J connectivity index is 2.76. The summed E-state index contributed by atoms with van der Waals surface area (Å²) in [5.41, 5.74) is 1.76. The van der Waals surface area contributed by atoms with Gasteiger partial charge in [0.1, 0.15) is 0 Å². The summed E-state index contributed by atoms with van der Waals surface area (Å²) in [5.74, 6) is 0.210. The van der Waals surface area contributed by atoms with Gasteiger partial charge in [0.15, 0.2) is 5.15 Å². The molecule has 2 nitrogen and oxygen atoms in total. The van der Waals surface area contributed by atoms with Crippen molar-refractivity contribution in [3.8, 4) is 0 Å². The van der Waals surface area contributed by atoms with Crippen molar-refractivity contribution in [2.45, 2.75) is 5.88 Å². The van der Waals surface area contributed by atoms with Crippen LogP contribution in [0.4, 0.5) is 0 Å². The van der Waals surface area contributed by atoms with Gasteiger partial charge in [-0.2, -0.15) is 0 Å². The molecule has 6 heteroatoms. The van der Waals surface area contributed by atoms with E-state index in [0.29, 0.717) is 26.8 Å². The number of benzene rings is 1. The number of rotatable bonds is 1. The fourth-order valence-electron chi connectivity index (χ4n) is 1.15. The average Bonchev–Trinajstić information content (AvgIpc) is 2.20. The van der Waals surface area contributed by atoms with Gasteiger partial charge < -0.3 is 0 Å². The molecule has 1 aromatic carbocycles. The molecule has 0 aliphatic heterocycles. The SMILES string of the molecule is ClCc1nc2cc(Cl)c(Cl)cc2nc1Cl. The lowest BCUT2D eigenvalue weighted by atomic mass is 10.3. The second kappa shape index (κ2) is 4.30. The molecule has 2 rings (SSSR count). The fourth-order valence-corrected chi connectivity index (χ4v) is 1.92. The summed E-state index contributed by atoms with van der Waals surface area (Å²) in [4.78, 5) is 8.35. The molecule has 0 saturated heterocycles. The number of hydrogen-bond donors (Lipinski definition) is 0. The van der Waals surface area contributed by atoms with Crippen LogP contribution in [0.1, 0.15) is 5.69 Å². The minimum atomic E-state index is 0.210. The molecule has 0 bridgehead atoms. The summed E-state index contributed by atoms with van der Waals surface area (Å²) < 4.78 is 0. The van der Waals surface area contributed by atoms with Gasteiger partial charge >= 0.3 is 0 Å². The molecule has 0 aliphatic carbocycles. The summed E-state index contributed by atoms with van der Waals surface area (Å²) in [6.45, 7) is 0. The predicted molar refractivity (Wildman–Crippen MR) is 64.1 cm³/mol. The standard InChI is InChI=1S/C9H4Cl4N2/c10-3-8-9(13)15-7-2-5(12)4(11)1-6(7)14-8/h1-2H,3H2. The van der Waals surface area contributed by atoms with Crippen LogP contribution in [0.25, 0.3) is 11.0 Å². The highest BCUT2D eigenvalue weighted by molar-refractivity contribution is 6.42. The second-order valence-electron chi connectivity index (χ2n) is 2.85. The lowest BCUT2D eigenvalue weighted by Gasteiger charge is -2.03. The van der Waals surface area contributed by atoms with Gasteiger partial charge in [0.05, 0.1) is 32.7 Å². The molecule has 0 unspecified atom stereocenters. The van der Waals surface area contributed by atoms with Crippen LogP contribution in [0.3, 0.4) is 0 Å². The molecule has 0 spiro atoms. The second-order valence-corrected chi connectivity index (χ2v) is 4.29. The summed E-state index contributed by atoms with van der Waals surface area (Å²) >= 11 is 23.2. The maximum atomic E-state index is 5.86. The Bertz CT molecular complexity index is 527. The molecule has 1 aromatic heterocycles. The third kappa shape index (κ3) is 2.13. The van der Waals surface area contributed by atoms with Gasteiger partial charge in [0, 0.05) is 0 Å². The number of alkyl halides is 1. The molecule has 0 atom stereocenters. The van der Waals surface area contributed by atoms with Crippen LogP contribution in [-0.4, -0.2) is 9.97 Å². The average molecular weight is 282 g/mol. The van der Waals surface area contributed by atoms with E-state index in [2.05, 4.69) is 9.97 Å². The maximum absolute atomic E-state index is 5.86. The first-order valence-electron chi connectivity index (χ1n) is 3.99. The first-order chi connectivity index (χ1) is 7.11. The van der Waals surface area contributed by atoms with Gasteiger partial charge in [0.25, 0.3) is 0 Å². The van der Waals surface area contributed by atoms with Crippen molar-refractivity contribution in [1.82, 2.24) is 9.97 Å². The molecule has 0 saturated carbocycles.